The van der Waals surface area contributed by atoms with Gasteiger partial charge in [-0.1, -0.05) is 25.9 Å². The van der Waals surface area contributed by atoms with Gasteiger partial charge in [-0.15, -0.1) is 0 Å². The van der Waals surface area contributed by atoms with Gasteiger partial charge in [-0.2, -0.15) is 4.98 Å². The molecule has 0 spiro atoms. The summed E-state index contributed by atoms with van der Waals surface area (Å²) < 4.78 is 5.28. The van der Waals surface area contributed by atoms with E-state index in [1.165, 1.54) is 0 Å². The first-order valence-electron chi connectivity index (χ1n) is 7.12. The van der Waals surface area contributed by atoms with Crippen molar-refractivity contribution >= 4 is 5.97 Å². The maximum Gasteiger partial charge on any atom is 0.303 e. The van der Waals surface area contributed by atoms with Gasteiger partial charge in [0.05, 0.1) is 6.54 Å². The minimum atomic E-state index is -0.716. The van der Waals surface area contributed by atoms with Crippen LogP contribution in [0.2, 0.25) is 0 Å². The van der Waals surface area contributed by atoms with E-state index in [-0.39, 0.29) is 17.8 Å². The smallest absolute Gasteiger partial charge is 0.303 e. The van der Waals surface area contributed by atoms with Crippen LogP contribution < -0.4 is 0 Å². The lowest BCUT2D eigenvalue weighted by Crippen LogP contribution is -2.36. The molecule has 0 amide bonds. The van der Waals surface area contributed by atoms with E-state index in [0.717, 1.165) is 25.9 Å². The standard InChI is InChI=1S/C14H23N3O3/c1-14(2,3)13-15-11(16-20-13)9-17-6-4-5-10(8-17)7-12(18)19/h10H,4-9H2,1-3H3,(H,18,19). The number of piperidine rings is 1. The Hall–Kier alpha value is -1.43. The van der Waals surface area contributed by atoms with Crippen LogP contribution in [0.15, 0.2) is 4.52 Å². The Bertz CT molecular complexity index is 464. The number of likely N-dealkylation sites (tertiary alicyclic amines) is 1. The molecular weight excluding hydrogens is 258 g/mol. The van der Waals surface area contributed by atoms with Gasteiger partial charge in [-0.25, -0.2) is 0 Å². The quantitative estimate of drug-likeness (QED) is 0.910. The normalized spacial score (nSPS) is 21.1. The SMILES string of the molecule is CC(C)(C)c1nc(CN2CCCC(CC(=O)O)C2)no1. The minimum Gasteiger partial charge on any atom is -0.481 e. The molecule has 1 atom stereocenters. The van der Waals surface area contributed by atoms with Crippen LogP contribution in [0.1, 0.15) is 51.7 Å². The van der Waals surface area contributed by atoms with E-state index in [2.05, 4.69) is 15.0 Å². The Morgan fingerprint density at radius 2 is 2.25 bits per heavy atom. The molecule has 1 saturated heterocycles. The van der Waals surface area contributed by atoms with Crippen molar-refractivity contribution < 1.29 is 14.4 Å². The van der Waals surface area contributed by atoms with E-state index in [1.54, 1.807) is 0 Å². The second-order valence-corrected chi connectivity index (χ2v) is 6.61. The number of carbonyl (C=O) groups is 1. The van der Waals surface area contributed by atoms with Crippen LogP contribution in [0, 0.1) is 5.92 Å². The van der Waals surface area contributed by atoms with Crippen molar-refractivity contribution in [3.63, 3.8) is 0 Å². The van der Waals surface area contributed by atoms with Crippen molar-refractivity contribution in [1.29, 1.82) is 0 Å². The number of aliphatic carboxylic acids is 1. The average molecular weight is 281 g/mol. The maximum absolute atomic E-state index is 10.8. The monoisotopic (exact) mass is 281 g/mol. The second kappa shape index (κ2) is 5.91. The van der Waals surface area contributed by atoms with Crippen LogP contribution in [0.5, 0.6) is 0 Å². The molecule has 1 aromatic rings. The summed E-state index contributed by atoms with van der Waals surface area (Å²) in [6.07, 6.45) is 2.26. The summed E-state index contributed by atoms with van der Waals surface area (Å²) in [5.41, 5.74) is -0.140. The lowest BCUT2D eigenvalue weighted by Gasteiger charge is -2.30. The molecule has 1 fully saturated rings. The Morgan fingerprint density at radius 1 is 1.50 bits per heavy atom. The highest BCUT2D eigenvalue weighted by Gasteiger charge is 2.25. The van der Waals surface area contributed by atoms with E-state index in [0.29, 0.717) is 18.3 Å². The lowest BCUT2D eigenvalue weighted by atomic mass is 9.95. The highest BCUT2D eigenvalue weighted by molar-refractivity contribution is 5.67. The molecule has 1 N–H and O–H groups in total. The zero-order valence-electron chi connectivity index (χ0n) is 12.4. The molecule has 0 aromatic carbocycles. The van der Waals surface area contributed by atoms with Gasteiger partial charge in [0.1, 0.15) is 0 Å². The van der Waals surface area contributed by atoms with Gasteiger partial charge in [0, 0.05) is 18.4 Å². The van der Waals surface area contributed by atoms with E-state index < -0.39 is 5.97 Å². The summed E-state index contributed by atoms with van der Waals surface area (Å²) in [5.74, 6) is 0.846. The molecule has 2 rings (SSSR count). The van der Waals surface area contributed by atoms with Gasteiger partial charge in [0.15, 0.2) is 5.82 Å². The molecule has 20 heavy (non-hydrogen) atoms. The number of hydrogen-bond acceptors (Lipinski definition) is 5. The zero-order chi connectivity index (χ0) is 14.8. The van der Waals surface area contributed by atoms with Crippen molar-refractivity contribution in [2.45, 2.75) is 52.0 Å². The van der Waals surface area contributed by atoms with Crippen LogP contribution in [0.3, 0.4) is 0 Å². The zero-order valence-corrected chi connectivity index (χ0v) is 12.4. The number of hydrogen-bond donors (Lipinski definition) is 1. The van der Waals surface area contributed by atoms with Crippen LogP contribution >= 0.6 is 0 Å². The van der Waals surface area contributed by atoms with Gasteiger partial charge >= 0.3 is 5.97 Å². The molecule has 112 valence electrons. The van der Waals surface area contributed by atoms with E-state index in [1.807, 2.05) is 20.8 Å². The fourth-order valence-electron chi connectivity index (χ4n) is 2.53. The summed E-state index contributed by atoms with van der Waals surface area (Å²) in [4.78, 5) is 17.4. The van der Waals surface area contributed by atoms with Gasteiger partial charge < -0.3 is 9.63 Å². The van der Waals surface area contributed by atoms with E-state index >= 15 is 0 Å². The first-order valence-corrected chi connectivity index (χ1v) is 7.12. The first kappa shape index (κ1) is 15.0. The number of carboxylic acid groups (broad SMARTS) is 1. The predicted molar refractivity (Wildman–Crippen MR) is 73.3 cm³/mol. The van der Waals surface area contributed by atoms with Crippen molar-refractivity contribution in [3.05, 3.63) is 11.7 Å². The highest BCUT2D eigenvalue weighted by atomic mass is 16.5. The lowest BCUT2D eigenvalue weighted by molar-refractivity contribution is -0.138. The van der Waals surface area contributed by atoms with Crippen molar-refractivity contribution in [2.24, 2.45) is 5.92 Å². The third-order valence-electron chi connectivity index (χ3n) is 3.54. The third kappa shape index (κ3) is 4.03. The minimum absolute atomic E-state index is 0.140. The summed E-state index contributed by atoms with van der Waals surface area (Å²) in [6, 6.07) is 0. The molecule has 0 aliphatic carbocycles. The Kier molecular flexibility index (Phi) is 4.42. The molecule has 6 nitrogen and oxygen atoms in total. The average Bonchev–Trinajstić information content (AvgIpc) is 2.76. The molecular formula is C14H23N3O3. The van der Waals surface area contributed by atoms with E-state index in [9.17, 15) is 4.79 Å². The Morgan fingerprint density at radius 3 is 2.85 bits per heavy atom. The summed E-state index contributed by atoms with van der Waals surface area (Å²) in [7, 11) is 0. The predicted octanol–water partition coefficient (Wildman–Crippen LogP) is 2.05. The number of rotatable bonds is 4. The third-order valence-corrected chi connectivity index (χ3v) is 3.54. The molecule has 0 saturated carbocycles. The van der Waals surface area contributed by atoms with Crippen LogP contribution in [0.25, 0.3) is 0 Å². The van der Waals surface area contributed by atoms with Crippen LogP contribution in [-0.4, -0.2) is 39.2 Å². The van der Waals surface area contributed by atoms with Crippen LogP contribution in [0.4, 0.5) is 0 Å². The Labute approximate surface area is 119 Å². The highest BCUT2D eigenvalue weighted by Crippen LogP contribution is 2.22. The van der Waals surface area contributed by atoms with Crippen molar-refractivity contribution in [3.8, 4) is 0 Å². The second-order valence-electron chi connectivity index (χ2n) is 6.61. The maximum atomic E-state index is 10.8. The van der Waals surface area contributed by atoms with Gasteiger partial charge in [0.2, 0.25) is 5.89 Å². The van der Waals surface area contributed by atoms with Crippen molar-refractivity contribution in [1.82, 2.24) is 15.0 Å². The summed E-state index contributed by atoms with van der Waals surface area (Å²) >= 11 is 0. The molecule has 1 aromatic heterocycles. The molecule has 0 radical (unpaired) electrons. The fraction of sp³-hybridized carbons (Fsp3) is 0.786. The largest absolute Gasteiger partial charge is 0.481 e. The Balaban J connectivity index is 1.92. The number of aromatic nitrogens is 2. The van der Waals surface area contributed by atoms with Gasteiger partial charge in [-0.05, 0) is 25.3 Å². The topological polar surface area (TPSA) is 79.5 Å². The van der Waals surface area contributed by atoms with Gasteiger partial charge in [0.25, 0.3) is 0 Å². The number of carboxylic acids is 1. The molecule has 0 bridgehead atoms. The molecule has 2 heterocycles. The molecule has 6 heteroatoms. The first-order chi connectivity index (χ1) is 9.34. The van der Waals surface area contributed by atoms with E-state index in [4.69, 9.17) is 9.63 Å². The fourth-order valence-corrected chi connectivity index (χ4v) is 2.53. The van der Waals surface area contributed by atoms with Crippen LogP contribution in [-0.2, 0) is 16.8 Å². The van der Waals surface area contributed by atoms with Crippen molar-refractivity contribution in [2.75, 3.05) is 13.1 Å². The summed E-state index contributed by atoms with van der Waals surface area (Å²) in [5, 5.41) is 12.9. The number of nitrogens with zero attached hydrogens (tertiary/aromatic N) is 3. The molecule has 1 unspecified atom stereocenters. The van der Waals surface area contributed by atoms with Gasteiger partial charge in [-0.3, -0.25) is 9.69 Å². The molecule has 1 aliphatic heterocycles. The summed E-state index contributed by atoms with van der Waals surface area (Å²) in [6.45, 7) is 8.51. The molecule has 1 aliphatic rings.